The molecule has 37 heavy (non-hydrogen) atoms. The van der Waals surface area contributed by atoms with Crippen LogP contribution in [0.25, 0.3) is 0 Å². The predicted octanol–water partition coefficient (Wildman–Crippen LogP) is 7.25. The molecule has 0 aromatic heterocycles. The Bertz CT molecular complexity index is 1330. The number of rotatable bonds is 8. The first-order chi connectivity index (χ1) is 17.7. The monoisotopic (exact) mass is 694 g/mol. The van der Waals surface area contributed by atoms with Gasteiger partial charge in [0, 0.05) is 26.0 Å². The van der Waals surface area contributed by atoms with Gasteiger partial charge in [-0.15, -0.1) is 0 Å². The molecule has 1 heterocycles. The molecule has 3 aromatic carbocycles. The standard InChI is InChI=1S/C28H25BrClIN2O4/c1-17(18-8-10-21(30)11-9-18)33-26(19-5-4-6-20(29)15-19)28(37)32(14-3-2-7-25(34)35)24-13-12-22(31)16-23(24)27(33)36/h4-6,8-13,15-17,26H,2-3,7,14H2,1H3,(H,34,35)/t17-,26+/m1/s1. The van der Waals surface area contributed by atoms with Gasteiger partial charge in [-0.25, -0.2) is 0 Å². The molecule has 0 radical (unpaired) electrons. The molecular weight excluding hydrogens is 671 g/mol. The smallest absolute Gasteiger partial charge is 0.303 e. The lowest BCUT2D eigenvalue weighted by Gasteiger charge is -2.36. The summed E-state index contributed by atoms with van der Waals surface area (Å²) >= 11 is 11.8. The molecule has 2 atom stereocenters. The molecule has 0 saturated carbocycles. The zero-order valence-corrected chi connectivity index (χ0v) is 24.5. The first kappa shape index (κ1) is 27.6. The van der Waals surface area contributed by atoms with Crippen LogP contribution in [0.3, 0.4) is 0 Å². The third kappa shape index (κ3) is 6.18. The second kappa shape index (κ2) is 12.0. The van der Waals surface area contributed by atoms with Gasteiger partial charge < -0.3 is 14.9 Å². The number of carboxylic acids is 1. The van der Waals surface area contributed by atoms with Crippen molar-refractivity contribution in [3.63, 3.8) is 0 Å². The van der Waals surface area contributed by atoms with Crippen LogP contribution in [0.4, 0.5) is 5.69 Å². The van der Waals surface area contributed by atoms with Gasteiger partial charge in [-0.1, -0.05) is 51.8 Å². The molecule has 6 nitrogen and oxygen atoms in total. The van der Waals surface area contributed by atoms with E-state index in [0.29, 0.717) is 41.2 Å². The molecule has 9 heteroatoms. The highest BCUT2D eigenvalue weighted by molar-refractivity contribution is 14.1. The summed E-state index contributed by atoms with van der Waals surface area (Å²) < 4.78 is 1.68. The number of hydrogen-bond acceptors (Lipinski definition) is 3. The molecule has 0 saturated heterocycles. The van der Waals surface area contributed by atoms with Crippen LogP contribution >= 0.6 is 50.1 Å². The van der Waals surface area contributed by atoms with Crippen LogP contribution in [0.15, 0.2) is 71.2 Å². The Morgan fingerprint density at radius 3 is 2.49 bits per heavy atom. The molecule has 0 bridgehead atoms. The summed E-state index contributed by atoms with van der Waals surface area (Å²) in [6, 6.07) is 18.9. The molecule has 1 aliphatic heterocycles. The SMILES string of the molecule is C[C@H](c1ccc(Cl)cc1)N1C(=O)c2cc(I)ccc2N(CCCCC(=O)O)C(=O)[C@@H]1c1cccc(Br)c1. The Balaban J connectivity index is 1.86. The second-order valence-electron chi connectivity index (χ2n) is 8.90. The number of anilines is 1. The maximum atomic E-state index is 14.4. The van der Waals surface area contributed by atoms with E-state index in [9.17, 15) is 14.4 Å². The summed E-state index contributed by atoms with van der Waals surface area (Å²) in [5.41, 5.74) is 2.52. The van der Waals surface area contributed by atoms with Gasteiger partial charge in [0.15, 0.2) is 0 Å². The van der Waals surface area contributed by atoms with Crippen LogP contribution in [0.1, 0.15) is 59.8 Å². The lowest BCUT2D eigenvalue weighted by atomic mass is 9.98. The van der Waals surface area contributed by atoms with Gasteiger partial charge in [0.05, 0.1) is 17.3 Å². The Hall–Kier alpha value is -2.43. The van der Waals surface area contributed by atoms with E-state index in [-0.39, 0.29) is 18.2 Å². The number of halogens is 3. The molecule has 0 unspecified atom stereocenters. The number of nitrogens with zero attached hydrogens (tertiary/aromatic N) is 2. The molecule has 3 aromatic rings. The number of unbranched alkanes of at least 4 members (excludes halogenated alkanes) is 1. The largest absolute Gasteiger partial charge is 0.481 e. The zero-order chi connectivity index (χ0) is 26.7. The van der Waals surface area contributed by atoms with Crippen molar-refractivity contribution in [1.29, 1.82) is 0 Å². The minimum atomic E-state index is -0.889. The third-order valence-electron chi connectivity index (χ3n) is 6.45. The summed E-state index contributed by atoms with van der Waals surface area (Å²) in [5.74, 6) is -1.35. The number of carbonyl (C=O) groups is 3. The summed E-state index contributed by atoms with van der Waals surface area (Å²) in [6.07, 6.45) is 0.949. The number of carboxylic acid groups (broad SMARTS) is 1. The highest BCUT2D eigenvalue weighted by Gasteiger charge is 2.42. The highest BCUT2D eigenvalue weighted by atomic mass is 127. The van der Waals surface area contributed by atoms with E-state index in [0.717, 1.165) is 13.6 Å². The number of aliphatic carboxylic acids is 1. The van der Waals surface area contributed by atoms with Crippen molar-refractivity contribution >= 4 is 73.6 Å². The van der Waals surface area contributed by atoms with Crippen molar-refractivity contribution in [3.05, 3.63) is 96.5 Å². The fourth-order valence-corrected chi connectivity index (χ4v) is 5.65. The molecule has 0 spiro atoms. The van der Waals surface area contributed by atoms with E-state index < -0.39 is 18.1 Å². The van der Waals surface area contributed by atoms with Crippen LogP contribution < -0.4 is 4.90 Å². The van der Waals surface area contributed by atoms with Crippen molar-refractivity contribution in [2.75, 3.05) is 11.4 Å². The van der Waals surface area contributed by atoms with Crippen LogP contribution in [-0.2, 0) is 9.59 Å². The number of amides is 2. The maximum absolute atomic E-state index is 14.4. The second-order valence-corrected chi connectivity index (χ2v) is 11.5. The summed E-state index contributed by atoms with van der Waals surface area (Å²) in [6.45, 7) is 2.22. The van der Waals surface area contributed by atoms with Gasteiger partial charge in [0.1, 0.15) is 6.04 Å². The molecule has 0 fully saturated rings. The normalized spacial score (nSPS) is 16.4. The minimum Gasteiger partial charge on any atom is -0.481 e. The fraction of sp³-hybridized carbons (Fsp3) is 0.250. The summed E-state index contributed by atoms with van der Waals surface area (Å²) in [7, 11) is 0. The molecule has 2 amide bonds. The number of hydrogen-bond donors (Lipinski definition) is 1. The van der Waals surface area contributed by atoms with Crippen LogP contribution in [0.2, 0.25) is 5.02 Å². The lowest BCUT2D eigenvalue weighted by molar-refractivity contribution is -0.137. The van der Waals surface area contributed by atoms with Crippen molar-refractivity contribution in [1.82, 2.24) is 4.90 Å². The Morgan fingerprint density at radius 2 is 1.81 bits per heavy atom. The van der Waals surface area contributed by atoms with Gasteiger partial charge in [-0.05, 0) is 95.9 Å². The fourth-order valence-electron chi connectivity index (χ4n) is 4.61. The van der Waals surface area contributed by atoms with Gasteiger partial charge in [-0.2, -0.15) is 0 Å². The van der Waals surface area contributed by atoms with E-state index in [1.54, 1.807) is 34.1 Å². The molecule has 4 rings (SSSR count). The predicted molar refractivity (Wildman–Crippen MR) is 156 cm³/mol. The lowest BCUT2D eigenvalue weighted by Crippen LogP contribution is -2.44. The quantitative estimate of drug-likeness (QED) is 0.199. The first-order valence-electron chi connectivity index (χ1n) is 11.8. The number of benzene rings is 3. The average Bonchev–Trinajstić information content (AvgIpc) is 2.94. The van der Waals surface area contributed by atoms with E-state index in [4.69, 9.17) is 16.7 Å². The third-order valence-corrected chi connectivity index (χ3v) is 7.87. The van der Waals surface area contributed by atoms with E-state index in [1.807, 2.05) is 49.4 Å². The molecule has 1 N–H and O–H groups in total. The zero-order valence-electron chi connectivity index (χ0n) is 20.0. The average molecular weight is 696 g/mol. The summed E-state index contributed by atoms with van der Waals surface area (Å²) in [4.78, 5) is 43.0. The van der Waals surface area contributed by atoms with E-state index >= 15 is 0 Å². The molecule has 1 aliphatic rings. The number of fused-ring (bicyclic) bond motifs is 1. The van der Waals surface area contributed by atoms with Gasteiger partial charge in [0.2, 0.25) is 0 Å². The Morgan fingerprint density at radius 1 is 1.08 bits per heavy atom. The van der Waals surface area contributed by atoms with E-state index in [1.165, 1.54) is 0 Å². The number of carbonyl (C=O) groups excluding carboxylic acids is 2. The molecule has 0 aliphatic carbocycles. The van der Waals surface area contributed by atoms with E-state index in [2.05, 4.69) is 38.5 Å². The first-order valence-corrected chi connectivity index (χ1v) is 14.1. The van der Waals surface area contributed by atoms with Crippen molar-refractivity contribution < 1.29 is 19.5 Å². The van der Waals surface area contributed by atoms with Crippen LogP contribution in [0.5, 0.6) is 0 Å². The van der Waals surface area contributed by atoms with Crippen molar-refractivity contribution in [2.24, 2.45) is 0 Å². The Labute approximate surface area is 242 Å². The minimum absolute atomic E-state index is 0.0231. The highest BCUT2D eigenvalue weighted by Crippen LogP contribution is 2.40. The maximum Gasteiger partial charge on any atom is 0.303 e. The van der Waals surface area contributed by atoms with Gasteiger partial charge >= 0.3 is 5.97 Å². The van der Waals surface area contributed by atoms with Crippen LogP contribution in [-0.4, -0.2) is 34.3 Å². The topological polar surface area (TPSA) is 77.9 Å². The van der Waals surface area contributed by atoms with Crippen molar-refractivity contribution in [2.45, 2.75) is 38.3 Å². The summed E-state index contributed by atoms with van der Waals surface area (Å²) in [5, 5.41) is 9.65. The van der Waals surface area contributed by atoms with Gasteiger partial charge in [0.25, 0.3) is 11.8 Å². The molecule has 192 valence electrons. The Kier molecular flexibility index (Phi) is 8.92. The van der Waals surface area contributed by atoms with Gasteiger partial charge in [-0.3, -0.25) is 14.4 Å². The molecular formula is C28H25BrClIN2O4. The van der Waals surface area contributed by atoms with Crippen LogP contribution in [0, 0.1) is 3.57 Å². The van der Waals surface area contributed by atoms with Crippen molar-refractivity contribution in [3.8, 4) is 0 Å².